The third-order valence-corrected chi connectivity index (χ3v) is 3.06. The van der Waals surface area contributed by atoms with Crippen molar-refractivity contribution >= 4 is 17.4 Å². The highest BCUT2D eigenvalue weighted by atomic mass is 16.5. The second kappa shape index (κ2) is 4.64. The lowest BCUT2D eigenvalue weighted by Gasteiger charge is -2.17. The van der Waals surface area contributed by atoms with E-state index in [4.69, 9.17) is 4.74 Å². The van der Waals surface area contributed by atoms with Crippen molar-refractivity contribution in [2.75, 3.05) is 18.6 Å². The minimum atomic E-state index is -0.493. The van der Waals surface area contributed by atoms with Gasteiger partial charge in [0.15, 0.2) is 0 Å². The van der Waals surface area contributed by atoms with Gasteiger partial charge in [0.05, 0.1) is 18.4 Å². The van der Waals surface area contributed by atoms with Crippen LogP contribution < -0.4 is 9.64 Å². The van der Waals surface area contributed by atoms with Crippen molar-refractivity contribution in [3.63, 3.8) is 0 Å². The van der Waals surface area contributed by atoms with Gasteiger partial charge in [-0.05, 0) is 24.6 Å². The summed E-state index contributed by atoms with van der Waals surface area (Å²) in [5, 5.41) is 0. The molecule has 0 bridgehead atoms. The molecule has 0 unspecified atom stereocenters. The predicted octanol–water partition coefficient (Wildman–Crippen LogP) is 2.19. The molecule has 4 heteroatoms. The van der Waals surface area contributed by atoms with Crippen LogP contribution in [0.25, 0.3) is 0 Å². The maximum atomic E-state index is 11.9. The minimum Gasteiger partial charge on any atom is -0.497 e. The molecule has 0 atom stereocenters. The number of rotatable bonds is 4. The zero-order valence-electron chi connectivity index (χ0n) is 10.5. The van der Waals surface area contributed by atoms with E-state index >= 15 is 0 Å². The Morgan fingerprint density at radius 3 is 2.72 bits per heavy atom. The quantitative estimate of drug-likeness (QED) is 0.603. The maximum Gasteiger partial charge on any atom is 0.299 e. The van der Waals surface area contributed by atoms with Gasteiger partial charge in [0.1, 0.15) is 5.75 Å². The van der Waals surface area contributed by atoms with Gasteiger partial charge in [-0.2, -0.15) is 0 Å². The lowest BCUT2D eigenvalue weighted by Crippen LogP contribution is -2.31. The van der Waals surface area contributed by atoms with Crippen molar-refractivity contribution < 1.29 is 14.3 Å². The summed E-state index contributed by atoms with van der Waals surface area (Å²) in [6.45, 7) is 6.23. The van der Waals surface area contributed by atoms with E-state index in [0.29, 0.717) is 23.5 Å². The summed E-state index contributed by atoms with van der Waals surface area (Å²) < 4.78 is 5.06. The summed E-state index contributed by atoms with van der Waals surface area (Å²) in [6.07, 6.45) is 0.781. The molecule has 0 saturated carbocycles. The number of hydrogen-bond acceptors (Lipinski definition) is 3. The highest BCUT2D eigenvalue weighted by Crippen LogP contribution is 2.32. The van der Waals surface area contributed by atoms with E-state index in [0.717, 1.165) is 12.0 Å². The smallest absolute Gasteiger partial charge is 0.299 e. The molecule has 18 heavy (non-hydrogen) atoms. The Bertz CT molecular complexity index is 534. The molecule has 0 aromatic heterocycles. The van der Waals surface area contributed by atoms with Crippen LogP contribution in [-0.2, 0) is 4.79 Å². The zero-order chi connectivity index (χ0) is 13.3. The first-order valence-electron chi connectivity index (χ1n) is 5.79. The summed E-state index contributed by atoms with van der Waals surface area (Å²) in [4.78, 5) is 25.3. The number of carbonyl (C=O) groups is 2. The maximum absolute atomic E-state index is 11.9. The molecule has 0 fully saturated rings. The summed E-state index contributed by atoms with van der Waals surface area (Å²) in [6, 6.07) is 5.08. The average Bonchev–Trinajstić information content (AvgIpc) is 2.63. The number of nitrogens with zero attached hydrogens (tertiary/aromatic N) is 1. The van der Waals surface area contributed by atoms with Gasteiger partial charge in [-0.15, -0.1) is 0 Å². The first-order chi connectivity index (χ1) is 8.58. The van der Waals surface area contributed by atoms with Crippen LogP contribution in [0, 0.1) is 0 Å². The Labute approximate surface area is 106 Å². The molecule has 0 radical (unpaired) electrons. The van der Waals surface area contributed by atoms with E-state index in [1.807, 2.05) is 6.92 Å². The molecule has 0 N–H and O–H groups in total. The van der Waals surface area contributed by atoms with Crippen molar-refractivity contribution in [2.24, 2.45) is 0 Å². The van der Waals surface area contributed by atoms with Gasteiger partial charge in [0.2, 0.25) is 0 Å². The van der Waals surface area contributed by atoms with Crippen molar-refractivity contribution in [3.05, 3.63) is 35.9 Å². The molecular weight excluding hydrogens is 230 g/mol. The molecule has 0 spiro atoms. The highest BCUT2D eigenvalue weighted by molar-refractivity contribution is 6.52. The molecule has 1 heterocycles. The third kappa shape index (κ3) is 1.90. The van der Waals surface area contributed by atoms with Gasteiger partial charge >= 0.3 is 0 Å². The van der Waals surface area contributed by atoms with Crippen molar-refractivity contribution in [2.45, 2.75) is 13.3 Å². The first-order valence-corrected chi connectivity index (χ1v) is 5.79. The zero-order valence-corrected chi connectivity index (χ0v) is 10.5. The predicted molar refractivity (Wildman–Crippen MR) is 69.1 cm³/mol. The van der Waals surface area contributed by atoms with Crippen LogP contribution in [0.3, 0.4) is 0 Å². The fraction of sp³-hybridized carbons (Fsp3) is 0.286. The number of anilines is 1. The lowest BCUT2D eigenvalue weighted by atomic mass is 10.1. The molecule has 94 valence electrons. The molecular formula is C14H15NO3. The summed E-state index contributed by atoms with van der Waals surface area (Å²) in [5.74, 6) is -0.397. The monoisotopic (exact) mass is 245 g/mol. The van der Waals surface area contributed by atoms with Crippen LogP contribution in [0.2, 0.25) is 0 Å². The second-order valence-electron chi connectivity index (χ2n) is 4.21. The van der Waals surface area contributed by atoms with Gasteiger partial charge in [-0.3, -0.25) is 9.59 Å². The number of benzene rings is 1. The number of fused-ring (bicyclic) bond motifs is 1. The molecule has 1 aromatic carbocycles. The van der Waals surface area contributed by atoms with Gasteiger partial charge in [0.25, 0.3) is 11.7 Å². The van der Waals surface area contributed by atoms with Crippen LogP contribution in [0.15, 0.2) is 30.4 Å². The molecule has 0 saturated heterocycles. The fourth-order valence-corrected chi connectivity index (χ4v) is 1.90. The van der Waals surface area contributed by atoms with Crippen molar-refractivity contribution in [1.82, 2.24) is 0 Å². The SMILES string of the molecule is C=C(CC)CN1C(=O)C(=O)c2cc(OC)ccc21. The lowest BCUT2D eigenvalue weighted by molar-refractivity contribution is -0.114. The number of Topliss-reactive ketones (excluding diaryl/α,β-unsaturated/α-hetero) is 1. The Kier molecular flexibility index (Phi) is 3.19. The Morgan fingerprint density at radius 2 is 2.11 bits per heavy atom. The summed E-state index contributed by atoms with van der Waals surface area (Å²) in [7, 11) is 1.53. The summed E-state index contributed by atoms with van der Waals surface area (Å²) in [5.41, 5.74) is 1.96. The number of amides is 1. The van der Waals surface area contributed by atoms with E-state index in [2.05, 4.69) is 6.58 Å². The van der Waals surface area contributed by atoms with Crippen LogP contribution in [0.5, 0.6) is 5.75 Å². The molecule has 0 aliphatic carbocycles. The van der Waals surface area contributed by atoms with Crippen molar-refractivity contribution in [1.29, 1.82) is 0 Å². The number of hydrogen-bond donors (Lipinski definition) is 0. The molecule has 1 aliphatic heterocycles. The van der Waals surface area contributed by atoms with Crippen molar-refractivity contribution in [3.8, 4) is 5.75 Å². The Morgan fingerprint density at radius 1 is 1.39 bits per heavy atom. The van der Waals surface area contributed by atoms with E-state index in [9.17, 15) is 9.59 Å². The van der Waals surface area contributed by atoms with E-state index in [1.165, 1.54) is 12.0 Å². The van der Waals surface area contributed by atoms with Crippen LogP contribution >= 0.6 is 0 Å². The van der Waals surface area contributed by atoms with Gasteiger partial charge in [-0.25, -0.2) is 0 Å². The second-order valence-corrected chi connectivity index (χ2v) is 4.21. The number of methoxy groups -OCH3 is 1. The van der Waals surface area contributed by atoms with Crippen LogP contribution in [0.4, 0.5) is 5.69 Å². The summed E-state index contributed by atoms with van der Waals surface area (Å²) >= 11 is 0. The van der Waals surface area contributed by atoms with E-state index in [1.54, 1.807) is 18.2 Å². The first kappa shape index (κ1) is 12.4. The molecule has 2 rings (SSSR count). The average molecular weight is 245 g/mol. The molecule has 4 nitrogen and oxygen atoms in total. The topological polar surface area (TPSA) is 46.6 Å². The van der Waals surface area contributed by atoms with Gasteiger partial charge in [-0.1, -0.05) is 19.1 Å². The number of ketones is 1. The molecule has 1 aromatic rings. The van der Waals surface area contributed by atoms with Gasteiger partial charge in [0, 0.05) is 6.54 Å². The largest absolute Gasteiger partial charge is 0.497 e. The Balaban J connectivity index is 2.40. The normalized spacial score (nSPS) is 13.8. The standard InChI is InChI=1S/C14H15NO3/c1-4-9(2)8-15-12-6-5-10(18-3)7-11(12)13(16)14(15)17/h5-7H,2,4,8H2,1,3H3. The van der Waals surface area contributed by atoms with Crippen LogP contribution in [-0.4, -0.2) is 25.3 Å². The Hall–Kier alpha value is -2.10. The number of carbonyl (C=O) groups excluding carboxylic acids is 2. The number of ether oxygens (including phenoxy) is 1. The highest BCUT2D eigenvalue weighted by Gasteiger charge is 2.35. The van der Waals surface area contributed by atoms with Gasteiger partial charge < -0.3 is 9.64 Å². The third-order valence-electron chi connectivity index (χ3n) is 3.06. The minimum absolute atomic E-state index is 0.389. The fourth-order valence-electron chi connectivity index (χ4n) is 1.90. The molecule has 1 aliphatic rings. The van der Waals surface area contributed by atoms with E-state index in [-0.39, 0.29) is 0 Å². The van der Waals surface area contributed by atoms with E-state index < -0.39 is 11.7 Å². The van der Waals surface area contributed by atoms with Crippen LogP contribution in [0.1, 0.15) is 23.7 Å². The molecule has 1 amide bonds.